The lowest BCUT2D eigenvalue weighted by Gasteiger charge is -2.03. The summed E-state index contributed by atoms with van der Waals surface area (Å²) in [6.45, 7) is 0. The van der Waals surface area contributed by atoms with Crippen LogP contribution in [-0.4, -0.2) is 26.0 Å². The fourth-order valence-corrected chi connectivity index (χ4v) is 1.37. The quantitative estimate of drug-likeness (QED) is 0.764. The Morgan fingerprint density at radius 1 is 1.43 bits per heavy atom. The summed E-state index contributed by atoms with van der Waals surface area (Å²) in [4.78, 5) is 14.9. The molecule has 1 saturated carbocycles. The Kier molecular flexibility index (Phi) is 1.61. The zero-order chi connectivity index (χ0) is 9.54. The smallest absolute Gasteiger partial charge is 0.244 e. The van der Waals surface area contributed by atoms with Gasteiger partial charge < -0.3 is 9.72 Å². The molecule has 2 aromatic heterocycles. The summed E-state index contributed by atoms with van der Waals surface area (Å²) >= 11 is 5.73. The lowest BCUT2D eigenvalue weighted by atomic mass is 10.5. The van der Waals surface area contributed by atoms with Gasteiger partial charge in [0.25, 0.3) is 0 Å². The van der Waals surface area contributed by atoms with Gasteiger partial charge in [-0.3, -0.25) is 0 Å². The van der Waals surface area contributed by atoms with Gasteiger partial charge in [-0.25, -0.2) is 4.98 Å². The van der Waals surface area contributed by atoms with Crippen molar-refractivity contribution >= 4 is 22.8 Å². The second-order valence-corrected chi connectivity index (χ2v) is 3.55. The number of H-pyrrole nitrogens is 1. The van der Waals surface area contributed by atoms with Gasteiger partial charge in [-0.2, -0.15) is 9.97 Å². The summed E-state index contributed by atoms with van der Waals surface area (Å²) in [5.41, 5.74) is 1.25. The van der Waals surface area contributed by atoms with E-state index >= 15 is 0 Å². The zero-order valence-electron chi connectivity index (χ0n) is 7.20. The average molecular weight is 211 g/mol. The molecule has 3 rings (SSSR count). The van der Waals surface area contributed by atoms with Gasteiger partial charge in [0, 0.05) is 0 Å². The molecule has 1 N–H and O–H groups in total. The maximum atomic E-state index is 5.73. The van der Waals surface area contributed by atoms with Crippen LogP contribution < -0.4 is 4.74 Å². The van der Waals surface area contributed by atoms with E-state index in [1.54, 1.807) is 6.33 Å². The van der Waals surface area contributed by atoms with Crippen molar-refractivity contribution in [2.75, 3.05) is 0 Å². The molecule has 0 amide bonds. The molecule has 5 nitrogen and oxygen atoms in total. The van der Waals surface area contributed by atoms with Crippen LogP contribution in [0.4, 0.5) is 0 Å². The molecule has 1 fully saturated rings. The SMILES string of the molecule is Clc1nc(OC2CC2)c2[nH]cnc2n1. The second-order valence-electron chi connectivity index (χ2n) is 3.22. The number of hydrogen-bond donors (Lipinski definition) is 1. The van der Waals surface area contributed by atoms with E-state index in [4.69, 9.17) is 16.3 Å². The normalized spacial score (nSPS) is 16.1. The molecule has 0 saturated heterocycles. The molecule has 0 radical (unpaired) electrons. The lowest BCUT2D eigenvalue weighted by molar-refractivity contribution is 0.294. The summed E-state index contributed by atoms with van der Waals surface area (Å²) in [6.07, 6.45) is 4.00. The van der Waals surface area contributed by atoms with Crippen LogP contribution in [0.15, 0.2) is 6.33 Å². The Labute approximate surface area is 84.5 Å². The highest BCUT2D eigenvalue weighted by Crippen LogP contribution is 2.29. The van der Waals surface area contributed by atoms with Gasteiger partial charge in [0.15, 0.2) is 5.65 Å². The molecule has 0 atom stereocenters. The van der Waals surface area contributed by atoms with E-state index in [9.17, 15) is 0 Å². The molecule has 0 aromatic carbocycles. The van der Waals surface area contributed by atoms with E-state index in [2.05, 4.69) is 19.9 Å². The summed E-state index contributed by atoms with van der Waals surface area (Å²) in [7, 11) is 0. The monoisotopic (exact) mass is 210 g/mol. The molecule has 2 aromatic rings. The van der Waals surface area contributed by atoms with Crippen molar-refractivity contribution in [1.82, 2.24) is 19.9 Å². The first-order chi connectivity index (χ1) is 6.83. The Bertz CT molecular complexity index is 479. The third kappa shape index (κ3) is 1.29. The Morgan fingerprint density at radius 2 is 2.29 bits per heavy atom. The van der Waals surface area contributed by atoms with Gasteiger partial charge in [-0.05, 0) is 24.4 Å². The molecule has 72 valence electrons. The van der Waals surface area contributed by atoms with Crippen molar-refractivity contribution in [2.24, 2.45) is 0 Å². The maximum Gasteiger partial charge on any atom is 0.244 e. The second kappa shape index (κ2) is 2.81. The number of ether oxygens (including phenoxy) is 1. The predicted octanol–water partition coefficient (Wildman–Crippen LogP) is 1.55. The standard InChI is InChI=1S/C8H7ClN4O/c9-8-12-6-5(10-3-11-6)7(13-8)14-4-1-2-4/h3-4H,1-2H2,(H,10,11,12,13). The minimum absolute atomic E-state index is 0.167. The van der Waals surface area contributed by atoms with E-state index < -0.39 is 0 Å². The number of rotatable bonds is 2. The lowest BCUT2D eigenvalue weighted by Crippen LogP contribution is -2.00. The van der Waals surface area contributed by atoms with Crippen molar-refractivity contribution in [1.29, 1.82) is 0 Å². The van der Waals surface area contributed by atoms with Crippen LogP contribution in [0, 0.1) is 0 Å². The highest BCUT2D eigenvalue weighted by Gasteiger charge is 2.25. The fourth-order valence-electron chi connectivity index (χ4n) is 1.21. The first-order valence-electron chi connectivity index (χ1n) is 4.36. The molecule has 14 heavy (non-hydrogen) atoms. The first-order valence-corrected chi connectivity index (χ1v) is 4.74. The summed E-state index contributed by atoms with van der Waals surface area (Å²) in [5.74, 6) is 0.500. The number of aromatic amines is 1. The zero-order valence-corrected chi connectivity index (χ0v) is 7.95. The van der Waals surface area contributed by atoms with Crippen LogP contribution in [0.2, 0.25) is 5.28 Å². The highest BCUT2D eigenvalue weighted by atomic mass is 35.5. The van der Waals surface area contributed by atoms with Crippen molar-refractivity contribution in [3.8, 4) is 5.88 Å². The topological polar surface area (TPSA) is 63.7 Å². The van der Waals surface area contributed by atoms with Crippen molar-refractivity contribution in [3.05, 3.63) is 11.6 Å². The van der Waals surface area contributed by atoms with Gasteiger partial charge in [0.05, 0.1) is 6.33 Å². The van der Waals surface area contributed by atoms with E-state index in [0.717, 1.165) is 12.8 Å². The van der Waals surface area contributed by atoms with Crippen LogP contribution in [0.1, 0.15) is 12.8 Å². The van der Waals surface area contributed by atoms with Crippen molar-refractivity contribution in [2.45, 2.75) is 18.9 Å². The predicted molar refractivity (Wildman–Crippen MR) is 50.3 cm³/mol. The van der Waals surface area contributed by atoms with Crippen molar-refractivity contribution in [3.63, 3.8) is 0 Å². The highest BCUT2D eigenvalue weighted by molar-refractivity contribution is 6.28. The molecule has 6 heteroatoms. The van der Waals surface area contributed by atoms with Crippen LogP contribution in [0.5, 0.6) is 5.88 Å². The van der Waals surface area contributed by atoms with Crippen LogP contribution in [-0.2, 0) is 0 Å². The number of hydrogen-bond acceptors (Lipinski definition) is 4. The third-order valence-corrected chi connectivity index (χ3v) is 2.20. The number of nitrogens with one attached hydrogen (secondary N) is 1. The van der Waals surface area contributed by atoms with Gasteiger partial charge >= 0.3 is 0 Å². The van der Waals surface area contributed by atoms with Gasteiger partial charge in [0.2, 0.25) is 11.2 Å². The number of fused-ring (bicyclic) bond motifs is 1. The fraction of sp³-hybridized carbons (Fsp3) is 0.375. The molecule has 0 spiro atoms. The van der Waals surface area contributed by atoms with Crippen molar-refractivity contribution < 1.29 is 4.74 Å². The molecular formula is C8H7ClN4O. The van der Waals surface area contributed by atoms with Crippen LogP contribution in [0.3, 0.4) is 0 Å². The number of imidazole rings is 1. The molecular weight excluding hydrogens is 204 g/mol. The Balaban J connectivity index is 2.13. The maximum absolute atomic E-state index is 5.73. The van der Waals surface area contributed by atoms with Gasteiger partial charge in [-0.1, -0.05) is 0 Å². The summed E-state index contributed by atoms with van der Waals surface area (Å²) in [6, 6.07) is 0. The van der Waals surface area contributed by atoms with E-state index in [1.165, 1.54) is 0 Å². The molecule has 1 aliphatic carbocycles. The molecule has 1 aliphatic rings. The summed E-state index contributed by atoms with van der Waals surface area (Å²) in [5, 5.41) is 0.167. The van der Waals surface area contributed by atoms with Crippen LogP contribution >= 0.6 is 11.6 Å². The average Bonchev–Trinajstić information content (AvgIpc) is 2.81. The number of halogens is 1. The first kappa shape index (κ1) is 7.99. The Hall–Kier alpha value is -1.36. The van der Waals surface area contributed by atoms with E-state index in [1.807, 2.05) is 0 Å². The molecule has 0 aliphatic heterocycles. The van der Waals surface area contributed by atoms with E-state index in [-0.39, 0.29) is 11.4 Å². The molecule has 0 bridgehead atoms. The summed E-state index contributed by atoms with van der Waals surface area (Å²) < 4.78 is 5.57. The minimum atomic E-state index is 0.167. The largest absolute Gasteiger partial charge is 0.473 e. The van der Waals surface area contributed by atoms with Crippen LogP contribution in [0.25, 0.3) is 11.2 Å². The third-order valence-electron chi connectivity index (χ3n) is 2.03. The van der Waals surface area contributed by atoms with Gasteiger partial charge in [-0.15, -0.1) is 0 Å². The van der Waals surface area contributed by atoms with E-state index in [0.29, 0.717) is 17.0 Å². The number of aromatic nitrogens is 4. The minimum Gasteiger partial charge on any atom is -0.473 e. The molecule has 2 heterocycles. The molecule has 0 unspecified atom stereocenters. The van der Waals surface area contributed by atoms with Gasteiger partial charge in [0.1, 0.15) is 11.6 Å². The number of nitrogens with zero attached hydrogens (tertiary/aromatic N) is 3. The Morgan fingerprint density at radius 3 is 3.07 bits per heavy atom.